The molecule has 212 valence electrons. The number of aryl methyl sites for hydroxylation is 1. The van der Waals surface area contributed by atoms with E-state index in [0.29, 0.717) is 42.6 Å². The number of benzene rings is 2. The molecule has 0 spiro atoms. The molecular formula is C32H40N4O4. The lowest BCUT2D eigenvalue weighted by molar-refractivity contribution is 0.0715. The Labute approximate surface area is 236 Å². The van der Waals surface area contributed by atoms with Gasteiger partial charge in [0.2, 0.25) is 5.89 Å². The third kappa shape index (κ3) is 6.98. The second-order valence-electron chi connectivity index (χ2n) is 11.1. The largest absolute Gasteiger partial charge is 0.446 e. The van der Waals surface area contributed by atoms with Crippen molar-refractivity contribution < 1.29 is 19.1 Å². The zero-order valence-electron chi connectivity index (χ0n) is 23.2. The van der Waals surface area contributed by atoms with Gasteiger partial charge in [0.05, 0.1) is 17.8 Å². The first-order chi connectivity index (χ1) is 19.5. The molecule has 3 N–H and O–H groups in total. The van der Waals surface area contributed by atoms with Gasteiger partial charge in [0.25, 0.3) is 11.8 Å². The van der Waals surface area contributed by atoms with Crippen molar-refractivity contribution in [1.82, 2.24) is 20.5 Å². The monoisotopic (exact) mass is 544 g/mol. The lowest BCUT2D eigenvalue weighted by Gasteiger charge is -2.28. The zero-order valence-corrected chi connectivity index (χ0v) is 23.2. The van der Waals surface area contributed by atoms with E-state index in [1.165, 1.54) is 19.3 Å². The number of nitrogens with one attached hydrogen (secondary N) is 2. The molecule has 8 heteroatoms. The molecule has 3 unspecified atom stereocenters. The molecule has 8 nitrogen and oxygen atoms in total. The predicted molar refractivity (Wildman–Crippen MR) is 153 cm³/mol. The van der Waals surface area contributed by atoms with Crippen molar-refractivity contribution in [2.24, 2.45) is 0 Å². The van der Waals surface area contributed by atoms with Gasteiger partial charge < -0.3 is 25.1 Å². The molecule has 1 saturated carbocycles. The Morgan fingerprint density at radius 2 is 1.80 bits per heavy atom. The second kappa shape index (κ2) is 13.2. The van der Waals surface area contributed by atoms with Gasteiger partial charge in [-0.05, 0) is 62.8 Å². The SMILES string of the molecule is Cc1coc(C2CCCN2C(=O)c2cccc(C(=O)NC(Cc3ccccc3)C(O)CNC3CCCCC3)c2)n1. The fourth-order valence-corrected chi connectivity index (χ4v) is 5.89. The van der Waals surface area contributed by atoms with Gasteiger partial charge in [0.1, 0.15) is 12.3 Å². The number of likely N-dealkylation sites (tertiary alicyclic amines) is 1. The van der Waals surface area contributed by atoms with Crippen LogP contribution >= 0.6 is 0 Å². The Morgan fingerprint density at radius 3 is 2.55 bits per heavy atom. The third-order valence-electron chi connectivity index (χ3n) is 8.11. The van der Waals surface area contributed by atoms with E-state index >= 15 is 0 Å². The smallest absolute Gasteiger partial charge is 0.254 e. The summed E-state index contributed by atoms with van der Waals surface area (Å²) in [4.78, 5) is 33.2. The fourth-order valence-electron chi connectivity index (χ4n) is 5.89. The van der Waals surface area contributed by atoms with Crippen molar-refractivity contribution >= 4 is 11.8 Å². The van der Waals surface area contributed by atoms with Crippen LogP contribution in [0.1, 0.15) is 88.9 Å². The van der Waals surface area contributed by atoms with Crippen molar-refractivity contribution in [1.29, 1.82) is 0 Å². The van der Waals surface area contributed by atoms with E-state index in [2.05, 4.69) is 15.6 Å². The van der Waals surface area contributed by atoms with Gasteiger partial charge in [-0.2, -0.15) is 0 Å². The first kappa shape index (κ1) is 28.1. The highest BCUT2D eigenvalue weighted by atomic mass is 16.3. The number of amides is 2. The van der Waals surface area contributed by atoms with Crippen LogP contribution in [-0.4, -0.2) is 58.1 Å². The Kier molecular flexibility index (Phi) is 9.29. The summed E-state index contributed by atoms with van der Waals surface area (Å²) in [6, 6.07) is 16.4. The molecule has 2 amide bonds. The van der Waals surface area contributed by atoms with Crippen LogP contribution in [0.5, 0.6) is 0 Å². The minimum absolute atomic E-state index is 0.148. The molecule has 2 aromatic carbocycles. The molecular weight excluding hydrogens is 504 g/mol. The van der Waals surface area contributed by atoms with Crippen molar-refractivity contribution in [3.05, 3.63) is 89.1 Å². The number of nitrogens with zero attached hydrogens (tertiary/aromatic N) is 2. The molecule has 40 heavy (non-hydrogen) atoms. The first-order valence-corrected chi connectivity index (χ1v) is 14.6. The van der Waals surface area contributed by atoms with E-state index in [1.54, 1.807) is 35.4 Å². The van der Waals surface area contributed by atoms with E-state index in [-0.39, 0.29) is 17.9 Å². The number of hydrogen-bond acceptors (Lipinski definition) is 6. The number of oxazole rings is 1. The van der Waals surface area contributed by atoms with Crippen LogP contribution in [0.4, 0.5) is 0 Å². The van der Waals surface area contributed by atoms with Crippen LogP contribution in [0.15, 0.2) is 65.3 Å². The molecule has 2 fully saturated rings. The average Bonchev–Trinajstić information content (AvgIpc) is 3.65. The molecule has 0 radical (unpaired) electrons. The van der Waals surface area contributed by atoms with E-state index < -0.39 is 12.1 Å². The summed E-state index contributed by atoms with van der Waals surface area (Å²) in [5.41, 5.74) is 2.66. The lowest BCUT2D eigenvalue weighted by atomic mass is 9.95. The van der Waals surface area contributed by atoms with E-state index in [1.807, 2.05) is 37.3 Å². The van der Waals surface area contributed by atoms with Crippen LogP contribution in [0.25, 0.3) is 0 Å². The summed E-state index contributed by atoms with van der Waals surface area (Å²) >= 11 is 0. The normalized spacial score (nSPS) is 19.4. The molecule has 1 aliphatic carbocycles. The molecule has 1 aromatic heterocycles. The molecule has 1 saturated heterocycles. The highest BCUT2D eigenvalue weighted by molar-refractivity contribution is 6.00. The van der Waals surface area contributed by atoms with Crippen molar-refractivity contribution in [2.45, 2.75) is 82.5 Å². The summed E-state index contributed by atoms with van der Waals surface area (Å²) in [5, 5.41) is 17.7. The van der Waals surface area contributed by atoms with Gasteiger partial charge in [-0.3, -0.25) is 9.59 Å². The number of aliphatic hydroxyl groups is 1. The Balaban J connectivity index is 1.28. The van der Waals surface area contributed by atoms with Gasteiger partial charge in [-0.1, -0.05) is 55.7 Å². The molecule has 1 aliphatic heterocycles. The summed E-state index contributed by atoms with van der Waals surface area (Å²) in [5.74, 6) is 0.0935. The van der Waals surface area contributed by atoms with Gasteiger partial charge in [0.15, 0.2) is 0 Å². The molecule has 3 aromatic rings. The summed E-state index contributed by atoms with van der Waals surface area (Å²) in [6.45, 7) is 2.89. The topological polar surface area (TPSA) is 108 Å². The number of carbonyl (C=O) groups is 2. The number of aromatic nitrogens is 1. The highest BCUT2D eigenvalue weighted by Gasteiger charge is 2.34. The minimum atomic E-state index is -0.759. The highest BCUT2D eigenvalue weighted by Crippen LogP contribution is 2.32. The van der Waals surface area contributed by atoms with Crippen LogP contribution in [0.3, 0.4) is 0 Å². The fraction of sp³-hybridized carbons (Fsp3) is 0.469. The van der Waals surface area contributed by atoms with Crippen LogP contribution in [0.2, 0.25) is 0 Å². The number of hydrogen-bond donors (Lipinski definition) is 3. The first-order valence-electron chi connectivity index (χ1n) is 14.6. The van der Waals surface area contributed by atoms with Crippen molar-refractivity contribution in [2.75, 3.05) is 13.1 Å². The molecule has 2 heterocycles. The molecule has 3 atom stereocenters. The maximum Gasteiger partial charge on any atom is 0.254 e. The Hall–Kier alpha value is -3.49. The third-order valence-corrected chi connectivity index (χ3v) is 8.11. The summed E-state index contributed by atoms with van der Waals surface area (Å²) in [7, 11) is 0. The van der Waals surface area contributed by atoms with Crippen LogP contribution in [0, 0.1) is 6.92 Å². The summed E-state index contributed by atoms with van der Waals surface area (Å²) < 4.78 is 5.60. The number of carbonyl (C=O) groups excluding carboxylic acids is 2. The van der Waals surface area contributed by atoms with E-state index in [0.717, 1.165) is 36.9 Å². The second-order valence-corrected chi connectivity index (χ2v) is 11.1. The lowest BCUT2D eigenvalue weighted by Crippen LogP contribution is -2.50. The standard InChI is InChI=1S/C32H40N4O4/c1-22-21-40-31(34-22)28-16-9-17-36(28)32(39)25-13-8-12-24(19-25)30(38)35-27(18-23-10-4-2-5-11-23)29(37)20-33-26-14-6-3-7-15-26/h2,4-5,8,10-13,19,21,26-29,33,37H,3,6-7,9,14-18,20H2,1H3,(H,35,38). The maximum absolute atomic E-state index is 13.5. The molecule has 2 aliphatic rings. The predicted octanol–water partition coefficient (Wildman–Crippen LogP) is 4.58. The quantitative estimate of drug-likeness (QED) is 0.345. The maximum atomic E-state index is 13.5. The van der Waals surface area contributed by atoms with Gasteiger partial charge in [-0.25, -0.2) is 4.98 Å². The van der Waals surface area contributed by atoms with Crippen molar-refractivity contribution in [3.63, 3.8) is 0 Å². The van der Waals surface area contributed by atoms with Gasteiger partial charge in [0, 0.05) is 30.3 Å². The molecule has 5 rings (SSSR count). The van der Waals surface area contributed by atoms with Gasteiger partial charge >= 0.3 is 0 Å². The van der Waals surface area contributed by atoms with E-state index in [4.69, 9.17) is 4.42 Å². The Bertz CT molecular complexity index is 1270. The molecule has 0 bridgehead atoms. The van der Waals surface area contributed by atoms with E-state index in [9.17, 15) is 14.7 Å². The summed E-state index contributed by atoms with van der Waals surface area (Å²) in [6.07, 6.45) is 8.94. The minimum Gasteiger partial charge on any atom is -0.446 e. The Morgan fingerprint density at radius 1 is 1.02 bits per heavy atom. The van der Waals surface area contributed by atoms with Crippen molar-refractivity contribution in [3.8, 4) is 0 Å². The number of aliphatic hydroxyl groups excluding tert-OH is 1. The van der Waals surface area contributed by atoms with Crippen LogP contribution in [-0.2, 0) is 6.42 Å². The number of rotatable bonds is 10. The zero-order chi connectivity index (χ0) is 27.9. The van der Waals surface area contributed by atoms with Gasteiger partial charge in [-0.15, -0.1) is 0 Å². The van der Waals surface area contributed by atoms with Crippen LogP contribution < -0.4 is 10.6 Å². The average molecular weight is 545 g/mol.